The standard InChI is InChI=1S/5ClO3.5Na/c5*2-1(3)4;;;;;/q5*-1;5*+1. The number of rotatable bonds is 0. The molecule has 0 radical (unpaired) electrons. The summed E-state index contributed by atoms with van der Waals surface area (Å²) in [5.41, 5.74) is 0. The van der Waals surface area contributed by atoms with Crippen molar-refractivity contribution in [2.75, 3.05) is 0 Å². The third kappa shape index (κ3) is 677. The van der Waals surface area contributed by atoms with Gasteiger partial charge in [0.2, 0.25) is 0 Å². The van der Waals surface area contributed by atoms with Gasteiger partial charge in [0, 0.05) is 0 Å². The molecule has 0 unspecified atom stereocenters. The fourth-order valence-electron chi connectivity index (χ4n) is 0. The van der Waals surface area contributed by atoms with E-state index in [-0.39, 0.29) is 148 Å². The molecule has 0 atom stereocenters. The molecule has 25 heteroatoms. The fraction of sp³-hybridized carbons (Fsp3) is 0. The summed E-state index contributed by atoms with van der Waals surface area (Å²) in [5, 5.41) is 0. The predicted molar refractivity (Wildman–Crippen MR) is 0 cm³/mol. The van der Waals surface area contributed by atoms with Crippen LogP contribution < -0.4 is 218 Å². The van der Waals surface area contributed by atoms with Crippen molar-refractivity contribution in [3.05, 3.63) is 0 Å². The van der Waals surface area contributed by atoms with Crippen LogP contribution in [0.2, 0.25) is 0 Å². The van der Waals surface area contributed by atoms with Gasteiger partial charge in [-0.25, -0.2) is 0 Å². The summed E-state index contributed by atoms with van der Waals surface area (Å²) >= 11 is 0. The first kappa shape index (κ1) is 63.2. The van der Waals surface area contributed by atoms with Gasteiger partial charge < -0.3 is 69.9 Å². The minimum atomic E-state index is -2.85. The predicted octanol–water partition coefficient (Wildman–Crippen LogP) is -32.8. The smallest absolute Gasteiger partial charge is 0.357 e. The van der Waals surface area contributed by atoms with Crippen LogP contribution in [0.25, 0.3) is 0 Å². The van der Waals surface area contributed by atoms with Crippen molar-refractivity contribution in [3.8, 4) is 0 Å². The topological polar surface area (TPSA) is 346 Å². The summed E-state index contributed by atoms with van der Waals surface area (Å²) in [6.45, 7) is 0. The Bertz CT molecular complexity index is 92.9. The monoisotopic (exact) mass is 530 g/mol. The van der Waals surface area contributed by atoms with Crippen molar-refractivity contribution < 1.29 is 272 Å². The molecule has 0 aromatic rings. The van der Waals surface area contributed by atoms with E-state index < -0.39 is 53.9 Å². The Labute approximate surface area is 266 Å². The van der Waals surface area contributed by atoms with E-state index >= 15 is 0 Å². The summed E-state index contributed by atoms with van der Waals surface area (Å²) in [6.07, 6.45) is 0. The van der Waals surface area contributed by atoms with Crippen LogP contribution in [0, 0.1) is 53.9 Å². The van der Waals surface area contributed by atoms with Gasteiger partial charge in [-0.1, -0.05) is 0 Å². The van der Waals surface area contributed by atoms with Gasteiger partial charge in [-0.3, -0.25) is 0 Å². The Morgan fingerprint density at radius 2 is 0.200 bits per heavy atom. The van der Waals surface area contributed by atoms with Gasteiger partial charge in [0.1, 0.15) is 0 Å². The van der Waals surface area contributed by atoms with Crippen molar-refractivity contribution in [2.24, 2.45) is 0 Å². The zero-order chi connectivity index (χ0) is 17.9. The average molecular weight is 532 g/mol. The molecule has 0 saturated carbocycles. The largest absolute Gasteiger partial charge is 1.00 e. The molecule has 0 fully saturated rings. The summed E-state index contributed by atoms with van der Waals surface area (Å²) < 4.78 is 126. The maximum Gasteiger partial charge on any atom is 1.00 e. The van der Waals surface area contributed by atoms with Gasteiger partial charge in [0.25, 0.3) is 0 Å². The second-order valence-electron chi connectivity index (χ2n) is 0.945. The van der Waals surface area contributed by atoms with E-state index in [2.05, 4.69) is 0 Å². The van der Waals surface area contributed by atoms with Crippen molar-refractivity contribution in [1.29, 1.82) is 0 Å². The van der Waals surface area contributed by atoms with Crippen LogP contribution in [0.3, 0.4) is 0 Å². The summed E-state index contributed by atoms with van der Waals surface area (Å²) in [4.78, 5) is 0. The zero-order valence-corrected chi connectivity index (χ0v) is 26.8. The molecule has 0 bridgehead atoms. The fourth-order valence-corrected chi connectivity index (χ4v) is 0. The third-order valence-corrected chi connectivity index (χ3v) is 0. The van der Waals surface area contributed by atoms with Crippen LogP contribution in [-0.2, 0) is 0 Å². The Morgan fingerprint density at radius 1 is 0.200 bits per heavy atom. The van der Waals surface area contributed by atoms with Crippen LogP contribution in [-0.4, -0.2) is 0 Å². The number of hydrogen-bond acceptors (Lipinski definition) is 15. The first-order valence-corrected chi connectivity index (χ1v) is 6.94. The van der Waals surface area contributed by atoms with Crippen LogP contribution in [0.4, 0.5) is 0 Å². The Morgan fingerprint density at radius 3 is 0.200 bits per heavy atom. The van der Waals surface area contributed by atoms with E-state index in [1.165, 1.54) is 0 Å². The second kappa shape index (κ2) is 57.2. The molecule has 130 valence electrons. The van der Waals surface area contributed by atoms with Gasteiger partial charge in [-0.05, 0) is 0 Å². The Balaban J connectivity index is -0.0000000134. The minimum absolute atomic E-state index is 0. The number of halogens is 5. The molecule has 15 nitrogen and oxygen atoms in total. The van der Waals surface area contributed by atoms with E-state index in [0.717, 1.165) is 0 Å². The van der Waals surface area contributed by atoms with E-state index in [1.807, 2.05) is 0 Å². The molecule has 0 heterocycles. The zero-order valence-electron chi connectivity index (χ0n) is 13.0. The normalized spacial score (nSPS) is 7.20. The molecule has 0 aromatic heterocycles. The van der Waals surface area contributed by atoms with Crippen molar-refractivity contribution >= 4 is 0 Å². The molecule has 0 N–H and O–H groups in total. The SMILES string of the molecule is [Na+].[Na+].[Na+].[Na+].[Na+].[O-][Cl+2]([O-])[O-].[O-][Cl+2]([O-])[O-].[O-][Cl+2]([O-])[O-].[O-][Cl+2]([O-])[O-].[O-][Cl+2]([O-])[O-]. The molecule has 0 rings (SSSR count). The van der Waals surface area contributed by atoms with Crippen molar-refractivity contribution in [2.45, 2.75) is 0 Å². The second-order valence-corrected chi connectivity index (χ2v) is 2.83. The first-order chi connectivity index (χ1) is 8.66. The molecule has 0 saturated heterocycles. The molecule has 0 spiro atoms. The minimum Gasteiger partial charge on any atom is -0.357 e. The van der Waals surface area contributed by atoms with Crippen LogP contribution in [0.5, 0.6) is 0 Å². The van der Waals surface area contributed by atoms with Gasteiger partial charge in [-0.2, -0.15) is 0 Å². The third-order valence-electron chi connectivity index (χ3n) is 0. The van der Waals surface area contributed by atoms with Gasteiger partial charge in [0.15, 0.2) is 0 Å². The molecule has 0 amide bonds. The molecule has 25 heavy (non-hydrogen) atoms. The maximum absolute atomic E-state index is 8.41. The van der Waals surface area contributed by atoms with Gasteiger partial charge in [0.05, 0.1) is 53.9 Å². The molecular weight excluding hydrogens is 532 g/mol. The van der Waals surface area contributed by atoms with E-state index in [4.69, 9.17) is 69.9 Å². The Kier molecular flexibility index (Phi) is 145. The quantitative estimate of drug-likeness (QED) is 0.261. The summed E-state index contributed by atoms with van der Waals surface area (Å²) in [7, 11) is -14.3. The van der Waals surface area contributed by atoms with E-state index in [0.29, 0.717) is 0 Å². The van der Waals surface area contributed by atoms with E-state index in [9.17, 15) is 0 Å². The van der Waals surface area contributed by atoms with Crippen molar-refractivity contribution in [1.82, 2.24) is 0 Å². The van der Waals surface area contributed by atoms with Crippen molar-refractivity contribution in [3.63, 3.8) is 0 Å². The molecule has 0 aliphatic rings. The number of hydrogen-bond donors (Lipinski definition) is 0. The molecule has 0 aliphatic carbocycles. The first-order valence-electron chi connectivity index (χ1n) is 2.31. The molecular formula is Cl5Na5O15. The van der Waals surface area contributed by atoms with Gasteiger partial charge >= 0.3 is 148 Å². The molecule has 0 aliphatic heterocycles. The molecule has 0 aromatic carbocycles. The Hall–Kier alpha value is 5.85. The summed E-state index contributed by atoms with van der Waals surface area (Å²) in [6, 6.07) is 0. The van der Waals surface area contributed by atoms with E-state index in [1.54, 1.807) is 0 Å². The summed E-state index contributed by atoms with van der Waals surface area (Å²) in [5.74, 6) is 0. The maximum atomic E-state index is 8.41. The average Bonchev–Trinajstić information content (AvgIpc) is 1.94. The van der Waals surface area contributed by atoms with Crippen LogP contribution >= 0.6 is 0 Å². The van der Waals surface area contributed by atoms with Gasteiger partial charge in [-0.15, -0.1) is 0 Å². The van der Waals surface area contributed by atoms with Crippen LogP contribution in [0.15, 0.2) is 0 Å². The van der Waals surface area contributed by atoms with Crippen LogP contribution in [0.1, 0.15) is 0 Å².